The minimum atomic E-state index is -0.0499. The van der Waals surface area contributed by atoms with Crippen molar-refractivity contribution in [2.75, 3.05) is 0 Å². The van der Waals surface area contributed by atoms with Crippen LogP contribution in [0.3, 0.4) is 0 Å². The molecular weight excluding hydrogens is 364 g/mol. The molecule has 0 heterocycles. The summed E-state index contributed by atoms with van der Waals surface area (Å²) in [6.07, 6.45) is 14.8. The van der Waals surface area contributed by atoms with E-state index in [1.165, 1.54) is 51.4 Å². The molecule has 0 spiro atoms. The Bertz CT molecular complexity index is 649. The topological polar surface area (TPSA) is 20.2 Å². The Morgan fingerprint density at radius 3 is 2.23 bits per heavy atom. The fraction of sp³-hybridized carbons (Fsp3) is 0.931. The third kappa shape index (κ3) is 3.64. The van der Waals surface area contributed by atoms with E-state index in [0.29, 0.717) is 16.7 Å². The van der Waals surface area contributed by atoms with E-state index in [2.05, 4.69) is 54.5 Å². The molecule has 1 heteroatoms. The number of hydrogen-bond acceptors (Lipinski definition) is 1. The van der Waals surface area contributed by atoms with Crippen LogP contribution in [0, 0.1) is 58.2 Å². The summed E-state index contributed by atoms with van der Waals surface area (Å²) in [7, 11) is 0. The van der Waals surface area contributed by atoms with E-state index in [-0.39, 0.29) is 6.10 Å². The second-order valence-electron chi connectivity index (χ2n) is 13.2. The van der Waals surface area contributed by atoms with Crippen LogP contribution in [0.2, 0.25) is 0 Å². The maximum Gasteiger partial charge on any atom is 0.0568 e. The maximum atomic E-state index is 10.5. The molecule has 0 radical (unpaired) electrons. The standard InChI is InChI=1S/C29H50O/c1-18(2)16-19(3)17-20(4)23-10-11-25-22-8-9-24-21(5)27(30)13-15-29(24,7)26(22)12-14-28(23,25)6/h17-18,20-27,30H,8-16H2,1-7H3/b19-17+/t20-,21+,22+,23-,24+,25+,26+,27+,28-,29+/m1/s1. The average Bonchev–Trinajstić information content (AvgIpc) is 3.01. The zero-order valence-electron chi connectivity index (χ0n) is 21.1. The van der Waals surface area contributed by atoms with Crippen LogP contribution >= 0.6 is 0 Å². The van der Waals surface area contributed by atoms with Gasteiger partial charge in [0.1, 0.15) is 0 Å². The summed E-state index contributed by atoms with van der Waals surface area (Å²) in [5.41, 5.74) is 2.65. The zero-order valence-corrected chi connectivity index (χ0v) is 21.1. The Balaban J connectivity index is 1.53. The van der Waals surface area contributed by atoms with Crippen molar-refractivity contribution >= 4 is 0 Å². The summed E-state index contributed by atoms with van der Waals surface area (Å²) in [5, 5.41) is 10.5. The van der Waals surface area contributed by atoms with Crippen molar-refractivity contribution in [2.24, 2.45) is 58.2 Å². The first-order valence-corrected chi connectivity index (χ1v) is 13.4. The molecule has 30 heavy (non-hydrogen) atoms. The first-order valence-electron chi connectivity index (χ1n) is 13.4. The lowest BCUT2D eigenvalue weighted by Crippen LogP contribution is -2.56. The van der Waals surface area contributed by atoms with Gasteiger partial charge < -0.3 is 5.11 Å². The van der Waals surface area contributed by atoms with Crippen LogP contribution in [-0.4, -0.2) is 11.2 Å². The number of allylic oxidation sites excluding steroid dienone is 2. The highest BCUT2D eigenvalue weighted by Gasteiger charge is 2.61. The summed E-state index contributed by atoms with van der Waals surface area (Å²) in [4.78, 5) is 0. The minimum Gasteiger partial charge on any atom is -0.393 e. The van der Waals surface area contributed by atoms with Crippen molar-refractivity contribution < 1.29 is 5.11 Å². The van der Waals surface area contributed by atoms with Gasteiger partial charge in [-0.15, -0.1) is 0 Å². The van der Waals surface area contributed by atoms with Gasteiger partial charge in [0.2, 0.25) is 0 Å². The Kier molecular flexibility index (Phi) is 6.28. The van der Waals surface area contributed by atoms with Gasteiger partial charge in [0.05, 0.1) is 6.10 Å². The Morgan fingerprint density at radius 1 is 0.900 bits per heavy atom. The third-order valence-electron chi connectivity index (χ3n) is 11.1. The van der Waals surface area contributed by atoms with Crippen molar-refractivity contribution in [1.29, 1.82) is 0 Å². The number of rotatable bonds is 4. The molecule has 4 saturated carbocycles. The lowest BCUT2D eigenvalue weighted by Gasteiger charge is -2.62. The fourth-order valence-corrected chi connectivity index (χ4v) is 9.89. The molecule has 10 atom stereocenters. The first-order chi connectivity index (χ1) is 14.1. The molecule has 0 unspecified atom stereocenters. The van der Waals surface area contributed by atoms with E-state index in [1.807, 2.05) is 0 Å². The van der Waals surface area contributed by atoms with Gasteiger partial charge in [0, 0.05) is 0 Å². The lowest BCUT2D eigenvalue weighted by molar-refractivity contribution is -0.148. The first kappa shape index (κ1) is 22.9. The van der Waals surface area contributed by atoms with E-state index < -0.39 is 0 Å². The van der Waals surface area contributed by atoms with Gasteiger partial charge >= 0.3 is 0 Å². The van der Waals surface area contributed by atoms with Crippen LogP contribution in [0.5, 0.6) is 0 Å². The molecule has 0 aromatic rings. The van der Waals surface area contributed by atoms with E-state index in [9.17, 15) is 5.11 Å². The number of hydrogen-bond donors (Lipinski definition) is 1. The minimum absolute atomic E-state index is 0.0499. The molecule has 0 bridgehead atoms. The maximum absolute atomic E-state index is 10.5. The van der Waals surface area contributed by atoms with Gasteiger partial charge in [-0.25, -0.2) is 0 Å². The molecule has 4 fully saturated rings. The van der Waals surface area contributed by atoms with Crippen LogP contribution in [0.15, 0.2) is 11.6 Å². The predicted molar refractivity (Wildman–Crippen MR) is 128 cm³/mol. The van der Waals surface area contributed by atoms with Crippen LogP contribution in [0.1, 0.15) is 106 Å². The van der Waals surface area contributed by atoms with E-state index in [4.69, 9.17) is 0 Å². The number of fused-ring (bicyclic) bond motifs is 5. The summed E-state index contributed by atoms with van der Waals surface area (Å²) >= 11 is 0. The second kappa shape index (κ2) is 8.24. The molecule has 1 nitrogen and oxygen atoms in total. The van der Waals surface area contributed by atoms with Gasteiger partial charge in [0.25, 0.3) is 0 Å². The smallest absolute Gasteiger partial charge is 0.0568 e. The molecule has 0 amide bonds. The Morgan fingerprint density at radius 2 is 1.53 bits per heavy atom. The zero-order chi connectivity index (χ0) is 21.8. The summed E-state index contributed by atoms with van der Waals surface area (Å²) < 4.78 is 0. The van der Waals surface area contributed by atoms with Gasteiger partial charge in [-0.05, 0) is 123 Å². The summed E-state index contributed by atoms with van der Waals surface area (Å²) in [5.74, 6) is 6.44. The Labute approximate surface area is 187 Å². The molecule has 172 valence electrons. The largest absolute Gasteiger partial charge is 0.393 e. The van der Waals surface area contributed by atoms with Crippen LogP contribution < -0.4 is 0 Å². The summed E-state index contributed by atoms with van der Waals surface area (Å²) in [6, 6.07) is 0. The van der Waals surface area contributed by atoms with Crippen LogP contribution in [0.4, 0.5) is 0 Å². The predicted octanol–water partition coefficient (Wildman–Crippen LogP) is 7.88. The molecule has 0 aliphatic heterocycles. The molecule has 4 aliphatic rings. The molecule has 0 saturated heterocycles. The van der Waals surface area contributed by atoms with Crippen molar-refractivity contribution in [3.63, 3.8) is 0 Å². The van der Waals surface area contributed by atoms with Crippen LogP contribution in [0.25, 0.3) is 0 Å². The molecule has 0 aromatic carbocycles. The molecule has 0 aromatic heterocycles. The molecule has 4 aliphatic carbocycles. The molecule has 1 N–H and O–H groups in total. The normalized spacial score (nSPS) is 50.0. The van der Waals surface area contributed by atoms with Crippen molar-refractivity contribution in [3.8, 4) is 0 Å². The van der Waals surface area contributed by atoms with E-state index >= 15 is 0 Å². The average molecular weight is 415 g/mol. The second-order valence-corrected chi connectivity index (χ2v) is 13.2. The van der Waals surface area contributed by atoms with Crippen molar-refractivity contribution in [1.82, 2.24) is 0 Å². The van der Waals surface area contributed by atoms with E-state index in [1.54, 1.807) is 5.57 Å². The van der Waals surface area contributed by atoms with E-state index in [0.717, 1.165) is 47.8 Å². The number of aliphatic hydroxyl groups excluding tert-OH is 1. The molecular formula is C29H50O. The SMILES string of the molecule is C/C(=C\[C@@H](C)[C@H]1CC[C@H]2[C@@H]3CC[C@H]4[C@H](C)[C@@H](O)CC[C@]4(C)[C@H]3CC[C@]12C)CC(C)C. The third-order valence-corrected chi connectivity index (χ3v) is 11.1. The van der Waals surface area contributed by atoms with Gasteiger partial charge in [-0.1, -0.05) is 53.2 Å². The molecule has 4 rings (SSSR count). The Hall–Kier alpha value is -0.300. The van der Waals surface area contributed by atoms with Gasteiger partial charge in [-0.3, -0.25) is 0 Å². The highest BCUT2D eigenvalue weighted by molar-refractivity contribution is 5.13. The lowest BCUT2D eigenvalue weighted by atomic mass is 9.43. The highest BCUT2D eigenvalue weighted by Crippen LogP contribution is 2.68. The van der Waals surface area contributed by atoms with Crippen molar-refractivity contribution in [3.05, 3.63) is 11.6 Å². The van der Waals surface area contributed by atoms with Crippen molar-refractivity contribution in [2.45, 2.75) is 112 Å². The number of aliphatic hydroxyl groups is 1. The quantitative estimate of drug-likeness (QED) is 0.464. The summed E-state index contributed by atoms with van der Waals surface area (Å²) in [6.45, 7) is 17.2. The van der Waals surface area contributed by atoms with Gasteiger partial charge in [-0.2, -0.15) is 0 Å². The highest BCUT2D eigenvalue weighted by atomic mass is 16.3. The fourth-order valence-electron chi connectivity index (χ4n) is 9.89. The monoisotopic (exact) mass is 414 g/mol. The van der Waals surface area contributed by atoms with Gasteiger partial charge in [0.15, 0.2) is 0 Å². The van der Waals surface area contributed by atoms with Crippen LogP contribution in [-0.2, 0) is 0 Å².